The highest BCUT2D eigenvalue weighted by molar-refractivity contribution is 5.71. The van der Waals surface area contributed by atoms with Gasteiger partial charge < -0.3 is 16.2 Å². The van der Waals surface area contributed by atoms with Crippen LogP contribution >= 0.6 is 0 Å². The fraction of sp³-hybridized carbons (Fsp3) is 0.143. The topological polar surface area (TPSA) is 150 Å². The maximum Gasteiger partial charge on any atom is 0.299 e. The summed E-state index contributed by atoms with van der Waals surface area (Å²) in [6.07, 6.45) is 1.21. The van der Waals surface area contributed by atoms with Crippen LogP contribution in [0.1, 0.15) is 0 Å². The lowest BCUT2D eigenvalue weighted by atomic mass is 10.4. The van der Waals surface area contributed by atoms with Crippen LogP contribution in [0.2, 0.25) is 0 Å². The third-order valence-electron chi connectivity index (χ3n) is 1.10. The second kappa shape index (κ2) is 6.81. The van der Waals surface area contributed by atoms with Gasteiger partial charge in [0.05, 0.1) is 13.3 Å². The van der Waals surface area contributed by atoms with Gasteiger partial charge in [0, 0.05) is 6.07 Å². The zero-order chi connectivity index (χ0) is 12.6. The Labute approximate surface area is 90.6 Å². The SMILES string of the molecule is COc1ccc(O[N+](=O)[O-])cn1.N=C(N)N. The van der Waals surface area contributed by atoms with E-state index in [9.17, 15) is 10.1 Å². The smallest absolute Gasteiger partial charge is 0.299 e. The summed E-state index contributed by atoms with van der Waals surface area (Å²) in [6.45, 7) is 0. The van der Waals surface area contributed by atoms with E-state index >= 15 is 0 Å². The number of hydrogen-bond donors (Lipinski definition) is 3. The van der Waals surface area contributed by atoms with E-state index in [1.807, 2.05) is 0 Å². The van der Waals surface area contributed by atoms with E-state index in [1.54, 1.807) is 0 Å². The quantitative estimate of drug-likeness (QED) is 0.273. The van der Waals surface area contributed by atoms with Crippen LogP contribution in [0.15, 0.2) is 18.3 Å². The van der Waals surface area contributed by atoms with Gasteiger partial charge in [0.1, 0.15) is 5.75 Å². The van der Waals surface area contributed by atoms with Crippen molar-refractivity contribution in [3.05, 3.63) is 28.4 Å². The zero-order valence-corrected chi connectivity index (χ0v) is 8.41. The number of methoxy groups -OCH3 is 1. The predicted octanol–water partition coefficient (Wildman–Crippen LogP) is -0.501. The number of pyridine rings is 1. The van der Waals surface area contributed by atoms with Gasteiger partial charge in [0.25, 0.3) is 5.09 Å². The van der Waals surface area contributed by atoms with Crippen molar-refractivity contribution in [2.45, 2.75) is 0 Å². The number of guanidine groups is 1. The first-order valence-electron chi connectivity index (χ1n) is 3.87. The van der Waals surface area contributed by atoms with Crippen LogP contribution in [-0.2, 0) is 0 Å². The van der Waals surface area contributed by atoms with Gasteiger partial charge in [0.15, 0.2) is 5.96 Å². The fourth-order valence-electron chi connectivity index (χ4n) is 0.628. The number of hydrogen-bond acceptors (Lipinski definition) is 6. The highest BCUT2D eigenvalue weighted by atomic mass is 17.0. The molecule has 5 N–H and O–H groups in total. The lowest BCUT2D eigenvalue weighted by Crippen LogP contribution is -2.20. The Hall–Kier alpha value is -2.58. The van der Waals surface area contributed by atoms with Gasteiger partial charge in [-0.25, -0.2) is 4.98 Å². The maximum atomic E-state index is 9.85. The van der Waals surface area contributed by atoms with Crippen LogP contribution in [0.25, 0.3) is 0 Å². The van der Waals surface area contributed by atoms with Gasteiger partial charge in [-0.15, -0.1) is 10.1 Å². The van der Waals surface area contributed by atoms with Gasteiger partial charge in [-0.2, -0.15) is 0 Å². The Kier molecular flexibility index (Phi) is 5.71. The second-order valence-electron chi connectivity index (χ2n) is 2.31. The van der Waals surface area contributed by atoms with Crippen molar-refractivity contribution in [2.24, 2.45) is 11.5 Å². The molecule has 0 saturated carbocycles. The molecule has 0 aliphatic heterocycles. The molecule has 0 radical (unpaired) electrons. The van der Waals surface area contributed by atoms with E-state index in [1.165, 1.54) is 25.4 Å². The summed E-state index contributed by atoms with van der Waals surface area (Å²) in [5.74, 6) is 0.117. The monoisotopic (exact) mass is 229 g/mol. The van der Waals surface area contributed by atoms with Crippen molar-refractivity contribution >= 4 is 5.96 Å². The summed E-state index contributed by atoms with van der Waals surface area (Å²) in [7, 11) is 1.45. The minimum absolute atomic E-state index is 0.0702. The summed E-state index contributed by atoms with van der Waals surface area (Å²) in [5, 5.41) is 15.0. The van der Waals surface area contributed by atoms with Crippen molar-refractivity contribution in [3.8, 4) is 11.6 Å². The Morgan fingerprint density at radius 1 is 1.56 bits per heavy atom. The molecule has 0 aromatic carbocycles. The summed E-state index contributed by atoms with van der Waals surface area (Å²) in [6, 6.07) is 2.87. The third-order valence-corrected chi connectivity index (χ3v) is 1.10. The Morgan fingerprint density at radius 2 is 2.12 bits per heavy atom. The molecule has 0 bridgehead atoms. The molecule has 1 heterocycles. The van der Waals surface area contributed by atoms with E-state index in [2.05, 4.69) is 21.3 Å². The molecule has 0 fully saturated rings. The standard InChI is InChI=1S/C6H6N2O4.CH5N3/c1-11-6-3-2-5(4-7-6)12-8(9)10;2-1(3)4/h2-4H,1H3;(H5,2,3,4). The molecular formula is C7H11N5O4. The molecule has 0 amide bonds. The van der Waals surface area contributed by atoms with Gasteiger partial charge in [-0.3, -0.25) is 10.2 Å². The molecule has 9 nitrogen and oxygen atoms in total. The molecule has 9 heteroatoms. The van der Waals surface area contributed by atoms with Crippen molar-refractivity contribution in [3.63, 3.8) is 0 Å². The van der Waals surface area contributed by atoms with Gasteiger partial charge in [-0.1, -0.05) is 0 Å². The summed E-state index contributed by atoms with van der Waals surface area (Å²) < 4.78 is 4.74. The summed E-state index contributed by atoms with van der Waals surface area (Å²) >= 11 is 0. The first kappa shape index (κ1) is 13.4. The van der Waals surface area contributed by atoms with Gasteiger partial charge >= 0.3 is 0 Å². The lowest BCUT2D eigenvalue weighted by Gasteiger charge is -1.98. The lowest BCUT2D eigenvalue weighted by molar-refractivity contribution is -0.711. The van der Waals surface area contributed by atoms with Crippen LogP contribution < -0.4 is 21.0 Å². The number of nitrogens with two attached hydrogens (primary N) is 2. The van der Waals surface area contributed by atoms with E-state index in [-0.39, 0.29) is 11.7 Å². The van der Waals surface area contributed by atoms with Gasteiger partial charge in [-0.05, 0) is 6.07 Å². The fourth-order valence-corrected chi connectivity index (χ4v) is 0.628. The van der Waals surface area contributed by atoms with E-state index in [0.717, 1.165) is 0 Å². The molecule has 1 aromatic rings. The van der Waals surface area contributed by atoms with Crippen molar-refractivity contribution < 1.29 is 14.7 Å². The maximum absolute atomic E-state index is 9.85. The third kappa shape index (κ3) is 6.88. The van der Waals surface area contributed by atoms with Crippen LogP contribution in [0, 0.1) is 15.5 Å². The van der Waals surface area contributed by atoms with Crippen LogP contribution in [-0.4, -0.2) is 23.1 Å². The van der Waals surface area contributed by atoms with Crippen LogP contribution in [0.3, 0.4) is 0 Å². The molecule has 0 atom stereocenters. The number of ether oxygens (including phenoxy) is 1. The van der Waals surface area contributed by atoms with Crippen molar-refractivity contribution in [1.82, 2.24) is 4.98 Å². The molecule has 1 aromatic heterocycles. The summed E-state index contributed by atoms with van der Waals surface area (Å²) in [5.41, 5.74) is 8.94. The first-order chi connectivity index (χ1) is 7.45. The van der Waals surface area contributed by atoms with Crippen LogP contribution in [0.5, 0.6) is 11.6 Å². The minimum Gasteiger partial charge on any atom is -0.481 e. The molecular weight excluding hydrogens is 218 g/mol. The molecule has 0 aliphatic carbocycles. The zero-order valence-electron chi connectivity index (χ0n) is 8.41. The minimum atomic E-state index is -0.899. The average Bonchev–Trinajstić information content (AvgIpc) is 2.17. The Morgan fingerprint density at radius 3 is 2.44 bits per heavy atom. The number of nitrogens with zero attached hydrogens (tertiary/aromatic N) is 2. The van der Waals surface area contributed by atoms with E-state index in [0.29, 0.717) is 5.88 Å². The molecule has 0 saturated heterocycles. The normalized spacial score (nSPS) is 8.31. The summed E-state index contributed by atoms with van der Waals surface area (Å²) in [4.78, 5) is 17.7. The Balaban J connectivity index is 0.000000487. The first-order valence-corrected chi connectivity index (χ1v) is 3.87. The molecule has 1 rings (SSSR count). The highest BCUT2D eigenvalue weighted by Gasteiger charge is 1.99. The van der Waals surface area contributed by atoms with E-state index in [4.69, 9.17) is 10.1 Å². The molecule has 0 aliphatic rings. The largest absolute Gasteiger partial charge is 0.481 e. The molecule has 88 valence electrons. The van der Waals surface area contributed by atoms with E-state index < -0.39 is 5.09 Å². The molecule has 0 spiro atoms. The number of aromatic nitrogens is 1. The Bertz CT molecular complexity index is 348. The second-order valence-corrected chi connectivity index (χ2v) is 2.31. The highest BCUT2D eigenvalue weighted by Crippen LogP contribution is 2.12. The molecule has 0 unspecified atom stereocenters. The van der Waals surface area contributed by atoms with Gasteiger partial charge in [0.2, 0.25) is 5.88 Å². The predicted molar refractivity (Wildman–Crippen MR) is 54.5 cm³/mol. The van der Waals surface area contributed by atoms with Crippen LogP contribution in [0.4, 0.5) is 0 Å². The van der Waals surface area contributed by atoms with Crippen molar-refractivity contribution in [2.75, 3.05) is 7.11 Å². The number of rotatable bonds is 3. The number of nitrogens with one attached hydrogen (secondary N) is 1. The molecule has 16 heavy (non-hydrogen) atoms. The average molecular weight is 229 g/mol. The van der Waals surface area contributed by atoms with Crippen molar-refractivity contribution in [1.29, 1.82) is 5.41 Å².